The molecule has 0 radical (unpaired) electrons. The van der Waals surface area contributed by atoms with Crippen LogP contribution in [-0.4, -0.2) is 21.3 Å². The number of hydrogen-bond donors (Lipinski definition) is 0. The van der Waals surface area contributed by atoms with Crippen molar-refractivity contribution in [2.24, 2.45) is 0 Å². The number of aromatic nitrogens is 1. The molecule has 10 heteroatoms. The molecule has 3 rings (SSSR count). The first-order valence-corrected chi connectivity index (χ1v) is 9.38. The van der Waals surface area contributed by atoms with Crippen LogP contribution in [0.4, 0.5) is 26.3 Å². The van der Waals surface area contributed by atoms with Crippen molar-refractivity contribution in [2.75, 3.05) is 0 Å². The summed E-state index contributed by atoms with van der Waals surface area (Å²) >= 11 is 0. The van der Waals surface area contributed by atoms with E-state index in [0.29, 0.717) is 0 Å². The topological polar surface area (TPSA) is 43.1 Å². The van der Waals surface area contributed by atoms with Crippen molar-refractivity contribution in [3.63, 3.8) is 0 Å². The molecule has 154 valence electrons. The Kier molecular flexibility index (Phi) is 5.83. The Morgan fingerprint density at radius 1 is 1.07 bits per heavy atom. The third-order valence-electron chi connectivity index (χ3n) is 4.12. The third kappa shape index (κ3) is 4.07. The molecule has 2 unspecified atom stereocenters. The predicted molar refractivity (Wildman–Crippen MR) is 93.4 cm³/mol. The minimum Gasteiger partial charge on any atom is -0.354 e. The molecule has 0 amide bonds. The lowest BCUT2D eigenvalue weighted by molar-refractivity contribution is 0.0131. The summed E-state index contributed by atoms with van der Waals surface area (Å²) in [6.45, 7) is 1.26. The summed E-state index contributed by atoms with van der Waals surface area (Å²) in [6.07, 6.45) is -3.51. The Bertz CT molecular complexity index is 1040. The SMILES string of the molecule is Cc1cc(F)c(-c2cc(C(F)(F)c3ccccc3)on2)cc1S(=O)C(F)C(F)F. The van der Waals surface area contributed by atoms with E-state index in [1.165, 1.54) is 31.2 Å². The lowest BCUT2D eigenvalue weighted by Crippen LogP contribution is -2.19. The predicted octanol–water partition coefficient (Wildman–Crippen LogP) is 5.60. The number of nitrogens with zero attached hydrogens (tertiary/aromatic N) is 1. The first-order chi connectivity index (χ1) is 13.6. The van der Waals surface area contributed by atoms with Gasteiger partial charge >= 0.3 is 5.92 Å². The van der Waals surface area contributed by atoms with E-state index in [1.807, 2.05) is 0 Å². The Hall–Kier alpha value is -2.62. The average molecular weight is 433 g/mol. The monoisotopic (exact) mass is 433 g/mol. The van der Waals surface area contributed by atoms with Crippen LogP contribution < -0.4 is 0 Å². The van der Waals surface area contributed by atoms with Crippen molar-refractivity contribution in [1.29, 1.82) is 0 Å². The van der Waals surface area contributed by atoms with Gasteiger partial charge in [0.2, 0.25) is 11.3 Å². The number of aryl methyl sites for hydroxylation is 1. The van der Waals surface area contributed by atoms with E-state index >= 15 is 0 Å². The Balaban J connectivity index is 2.02. The van der Waals surface area contributed by atoms with Gasteiger partial charge in [0.05, 0.1) is 10.8 Å². The summed E-state index contributed by atoms with van der Waals surface area (Å²) in [5.74, 6) is -5.39. The third-order valence-corrected chi connectivity index (χ3v) is 5.60. The Morgan fingerprint density at radius 3 is 2.34 bits per heavy atom. The molecule has 0 saturated carbocycles. The molecule has 29 heavy (non-hydrogen) atoms. The molecule has 3 aromatic rings. The van der Waals surface area contributed by atoms with Crippen molar-refractivity contribution in [3.05, 3.63) is 71.2 Å². The smallest absolute Gasteiger partial charge is 0.332 e. The minimum atomic E-state index is -3.57. The maximum atomic E-state index is 14.6. The lowest BCUT2D eigenvalue weighted by Gasteiger charge is -2.12. The van der Waals surface area contributed by atoms with E-state index in [0.717, 1.165) is 18.2 Å². The fourth-order valence-corrected chi connectivity index (χ4v) is 3.66. The molecule has 3 nitrogen and oxygen atoms in total. The maximum Gasteiger partial charge on any atom is 0.332 e. The fourth-order valence-electron chi connectivity index (χ4n) is 2.62. The normalized spacial score (nSPS) is 14.2. The first-order valence-electron chi connectivity index (χ1n) is 8.16. The van der Waals surface area contributed by atoms with Crippen molar-refractivity contribution < 1.29 is 35.1 Å². The maximum absolute atomic E-state index is 14.6. The van der Waals surface area contributed by atoms with Gasteiger partial charge in [0, 0.05) is 22.1 Å². The van der Waals surface area contributed by atoms with Gasteiger partial charge in [-0.2, -0.15) is 8.78 Å². The van der Waals surface area contributed by atoms with E-state index in [1.54, 1.807) is 6.07 Å². The highest BCUT2D eigenvalue weighted by molar-refractivity contribution is 7.85. The van der Waals surface area contributed by atoms with Gasteiger partial charge in [-0.25, -0.2) is 17.6 Å². The van der Waals surface area contributed by atoms with Crippen LogP contribution in [0.15, 0.2) is 57.9 Å². The molecule has 0 spiro atoms. The van der Waals surface area contributed by atoms with E-state index in [4.69, 9.17) is 0 Å². The summed E-state index contributed by atoms with van der Waals surface area (Å²) in [7, 11) is -2.79. The summed E-state index contributed by atoms with van der Waals surface area (Å²) in [5, 5.41) is 3.41. The summed E-state index contributed by atoms with van der Waals surface area (Å²) in [4.78, 5) is -0.395. The van der Waals surface area contributed by atoms with Gasteiger partial charge < -0.3 is 4.52 Å². The highest BCUT2D eigenvalue weighted by Gasteiger charge is 2.39. The van der Waals surface area contributed by atoms with Crippen molar-refractivity contribution in [3.8, 4) is 11.3 Å². The van der Waals surface area contributed by atoms with E-state index in [2.05, 4.69) is 9.68 Å². The first kappa shape index (κ1) is 21.1. The van der Waals surface area contributed by atoms with Crippen LogP contribution in [0.25, 0.3) is 11.3 Å². The van der Waals surface area contributed by atoms with Gasteiger partial charge in [0.25, 0.3) is 6.43 Å². The molecule has 0 saturated heterocycles. The average Bonchev–Trinajstić information content (AvgIpc) is 3.18. The van der Waals surface area contributed by atoms with Crippen LogP contribution in [0.2, 0.25) is 0 Å². The molecule has 1 heterocycles. The van der Waals surface area contributed by atoms with Gasteiger partial charge in [0.15, 0.2) is 0 Å². The van der Waals surface area contributed by atoms with Crippen LogP contribution in [0.5, 0.6) is 0 Å². The summed E-state index contributed by atoms with van der Waals surface area (Å²) in [5.41, 5.74) is -4.21. The second-order valence-corrected chi connectivity index (χ2v) is 7.58. The quantitative estimate of drug-likeness (QED) is 0.476. The van der Waals surface area contributed by atoms with Crippen LogP contribution in [0.3, 0.4) is 0 Å². The van der Waals surface area contributed by atoms with Crippen LogP contribution >= 0.6 is 0 Å². The molecular formula is C19H13F6NO2S. The number of rotatable bonds is 6. The molecule has 2 atom stereocenters. The zero-order chi connectivity index (χ0) is 21.3. The van der Waals surface area contributed by atoms with Crippen LogP contribution in [-0.2, 0) is 16.7 Å². The molecule has 0 bridgehead atoms. The van der Waals surface area contributed by atoms with Gasteiger partial charge in [-0.1, -0.05) is 35.5 Å². The zero-order valence-electron chi connectivity index (χ0n) is 14.7. The second kappa shape index (κ2) is 8.02. The van der Waals surface area contributed by atoms with Crippen molar-refractivity contribution >= 4 is 10.8 Å². The lowest BCUT2D eigenvalue weighted by atomic mass is 10.0. The van der Waals surface area contributed by atoms with Gasteiger partial charge in [-0.3, -0.25) is 4.21 Å². The fraction of sp³-hybridized carbons (Fsp3) is 0.211. The highest BCUT2D eigenvalue weighted by Crippen LogP contribution is 2.38. The number of halogens is 6. The largest absolute Gasteiger partial charge is 0.354 e. The Labute approximate surface area is 163 Å². The number of hydrogen-bond acceptors (Lipinski definition) is 3. The van der Waals surface area contributed by atoms with Gasteiger partial charge in [0.1, 0.15) is 11.5 Å². The van der Waals surface area contributed by atoms with Gasteiger partial charge in [-0.05, 0) is 24.6 Å². The molecule has 0 aliphatic rings. The molecule has 0 fully saturated rings. The van der Waals surface area contributed by atoms with E-state index in [9.17, 15) is 30.6 Å². The minimum absolute atomic E-state index is 0.0359. The summed E-state index contributed by atoms with van der Waals surface area (Å²) in [6, 6.07) is 9.15. The van der Waals surface area contributed by atoms with E-state index < -0.39 is 50.7 Å². The van der Waals surface area contributed by atoms with Crippen molar-refractivity contribution in [2.45, 2.75) is 29.7 Å². The molecule has 0 aliphatic heterocycles. The van der Waals surface area contributed by atoms with Crippen LogP contribution in [0.1, 0.15) is 16.9 Å². The molecule has 0 aliphatic carbocycles. The zero-order valence-corrected chi connectivity index (χ0v) is 15.5. The van der Waals surface area contributed by atoms with Crippen LogP contribution in [0, 0.1) is 12.7 Å². The van der Waals surface area contributed by atoms with E-state index in [-0.39, 0.29) is 16.8 Å². The molecule has 2 aromatic carbocycles. The van der Waals surface area contributed by atoms with Crippen molar-refractivity contribution in [1.82, 2.24) is 5.16 Å². The number of benzene rings is 2. The molecule has 1 aromatic heterocycles. The molecule has 0 N–H and O–H groups in total. The standard InChI is InChI=1S/C19H13F6NO2S/c1-10-7-13(20)12(8-15(10)29(27)18(23)17(21)22)14-9-16(28-26-14)19(24,25)11-5-3-2-4-6-11/h2-9,17-18H,1H3. The van der Waals surface area contributed by atoms with Gasteiger partial charge in [-0.15, -0.1) is 0 Å². The number of alkyl halides is 5. The second-order valence-electron chi connectivity index (χ2n) is 6.10. The molecular weight excluding hydrogens is 420 g/mol. The highest BCUT2D eigenvalue weighted by atomic mass is 32.2. The Morgan fingerprint density at radius 2 is 1.72 bits per heavy atom. The summed E-state index contributed by atoms with van der Waals surface area (Å²) < 4.78 is 98.8.